The molecule has 0 spiro atoms. The van der Waals surface area contributed by atoms with E-state index in [1.807, 2.05) is 55.1 Å². The van der Waals surface area contributed by atoms with Crippen LogP contribution in [-0.2, 0) is 9.59 Å². The van der Waals surface area contributed by atoms with Crippen molar-refractivity contribution in [3.63, 3.8) is 0 Å². The van der Waals surface area contributed by atoms with Crippen molar-refractivity contribution < 1.29 is 9.59 Å². The summed E-state index contributed by atoms with van der Waals surface area (Å²) in [5.74, 6) is 0. The van der Waals surface area contributed by atoms with E-state index in [-0.39, 0.29) is 22.3 Å². The molecule has 0 atom stereocenters. The zero-order valence-electron chi connectivity index (χ0n) is 9.81. The minimum absolute atomic E-state index is 0. The van der Waals surface area contributed by atoms with Crippen LogP contribution in [0, 0.1) is 0 Å². The van der Waals surface area contributed by atoms with E-state index < -0.39 is 0 Å². The van der Waals surface area contributed by atoms with Crippen molar-refractivity contribution in [3.8, 4) is 0 Å². The minimum atomic E-state index is 0. The lowest BCUT2D eigenvalue weighted by atomic mass is 11.0. The Kier molecular flexibility index (Phi) is 24700. The Morgan fingerprint density at radius 3 is 0.533 bits per heavy atom. The number of hydrogen-bond donors (Lipinski definition) is 1. The molecular formula is C12H39NO2. The monoisotopic (exact) mass is 229 g/mol. The third kappa shape index (κ3) is 3470. The maximum absolute atomic E-state index is 8.00. The Hall–Kier alpha value is -0.700. The van der Waals surface area contributed by atoms with Crippen molar-refractivity contribution in [2.75, 3.05) is 7.05 Å². The molecule has 0 rings (SSSR count). The average Bonchev–Trinajstić information content (AvgIpc) is 2.33. The Balaban J connectivity index is -0.00000000396. The molecule has 104 valence electrons. The van der Waals surface area contributed by atoms with Gasteiger partial charge in [0.1, 0.15) is 13.6 Å². The van der Waals surface area contributed by atoms with Crippen LogP contribution in [0.4, 0.5) is 0 Å². The SMILES string of the molecule is C.C.C.C=O.C=O.CC.CC.CC.CN. The topological polar surface area (TPSA) is 60.2 Å². The second kappa shape index (κ2) is 4110. The lowest BCUT2D eigenvalue weighted by Crippen LogP contribution is -1.69. The fourth-order valence-corrected chi connectivity index (χ4v) is 0. The fraction of sp³-hybridized carbons (Fsp3) is 0.833. The molecule has 15 heavy (non-hydrogen) atoms. The number of nitrogens with two attached hydrogens (primary N) is 1. The van der Waals surface area contributed by atoms with Crippen LogP contribution >= 0.6 is 0 Å². The van der Waals surface area contributed by atoms with Crippen molar-refractivity contribution in [2.24, 2.45) is 5.73 Å². The zero-order chi connectivity index (χ0) is 12.0. The third-order valence-corrected chi connectivity index (χ3v) is 0. The summed E-state index contributed by atoms with van der Waals surface area (Å²) in [6.45, 7) is 16.0. The lowest BCUT2D eigenvalue weighted by molar-refractivity contribution is -0.0987. The highest BCUT2D eigenvalue weighted by molar-refractivity contribution is 5.11. The average molecular weight is 229 g/mol. The number of carbonyl (C=O) groups is 2. The van der Waals surface area contributed by atoms with Gasteiger partial charge in [0.15, 0.2) is 0 Å². The molecular weight excluding hydrogens is 190 g/mol. The Morgan fingerprint density at radius 1 is 0.533 bits per heavy atom. The first-order valence-electron chi connectivity index (χ1n) is 4.15. The van der Waals surface area contributed by atoms with Crippen LogP contribution in [0.25, 0.3) is 0 Å². The number of carbonyl (C=O) groups excluding carboxylic acids is 2. The summed E-state index contributed by atoms with van der Waals surface area (Å²) >= 11 is 0. The van der Waals surface area contributed by atoms with Crippen LogP contribution in [0.15, 0.2) is 0 Å². The Bertz CT molecular complexity index is 15.6. The predicted octanol–water partition coefficient (Wildman–Crippen LogP) is 4.19. The minimum Gasteiger partial charge on any atom is -0.333 e. The Labute approximate surface area is 100 Å². The van der Waals surface area contributed by atoms with E-state index in [1.54, 1.807) is 0 Å². The fourth-order valence-electron chi connectivity index (χ4n) is 0. The van der Waals surface area contributed by atoms with Gasteiger partial charge in [-0.15, -0.1) is 0 Å². The van der Waals surface area contributed by atoms with Crippen LogP contribution in [-0.4, -0.2) is 20.6 Å². The smallest absolute Gasteiger partial charge is 0.106 e. The van der Waals surface area contributed by atoms with Gasteiger partial charge < -0.3 is 15.3 Å². The van der Waals surface area contributed by atoms with Gasteiger partial charge in [-0.1, -0.05) is 63.8 Å². The first-order valence-corrected chi connectivity index (χ1v) is 4.15. The van der Waals surface area contributed by atoms with E-state index >= 15 is 0 Å². The van der Waals surface area contributed by atoms with Crippen molar-refractivity contribution in [3.05, 3.63) is 0 Å². The molecule has 3 nitrogen and oxygen atoms in total. The van der Waals surface area contributed by atoms with Gasteiger partial charge in [-0.05, 0) is 7.05 Å². The first-order chi connectivity index (χ1) is 6.00. The quantitative estimate of drug-likeness (QED) is 0.677. The number of rotatable bonds is 0. The van der Waals surface area contributed by atoms with Crippen molar-refractivity contribution in [2.45, 2.75) is 63.8 Å². The highest BCUT2D eigenvalue weighted by Crippen LogP contribution is 1.15. The summed E-state index contributed by atoms with van der Waals surface area (Å²) in [6, 6.07) is 0. The van der Waals surface area contributed by atoms with Gasteiger partial charge in [-0.25, -0.2) is 0 Å². The van der Waals surface area contributed by atoms with Crippen LogP contribution in [0.3, 0.4) is 0 Å². The van der Waals surface area contributed by atoms with Crippen molar-refractivity contribution >= 4 is 13.6 Å². The van der Waals surface area contributed by atoms with Gasteiger partial charge in [-0.2, -0.15) is 0 Å². The van der Waals surface area contributed by atoms with Gasteiger partial charge >= 0.3 is 0 Å². The molecule has 0 aliphatic carbocycles. The molecule has 0 unspecified atom stereocenters. The second-order valence-corrected chi connectivity index (χ2v) is 0. The van der Waals surface area contributed by atoms with Crippen LogP contribution in [0.1, 0.15) is 63.8 Å². The van der Waals surface area contributed by atoms with Gasteiger partial charge in [0.25, 0.3) is 0 Å². The molecule has 0 bridgehead atoms. The van der Waals surface area contributed by atoms with E-state index in [9.17, 15) is 0 Å². The maximum atomic E-state index is 8.00. The summed E-state index contributed by atoms with van der Waals surface area (Å²) in [5.41, 5.74) is 4.50. The van der Waals surface area contributed by atoms with Crippen LogP contribution in [0.5, 0.6) is 0 Å². The molecule has 0 aliphatic heterocycles. The molecule has 0 saturated heterocycles. The van der Waals surface area contributed by atoms with Gasteiger partial charge in [-0.3, -0.25) is 0 Å². The number of hydrogen-bond acceptors (Lipinski definition) is 3. The molecule has 0 fully saturated rings. The predicted molar refractivity (Wildman–Crippen MR) is 78.6 cm³/mol. The molecule has 3 heteroatoms. The standard InChI is InChI=1S/3C2H6.CH5N.2CH2O.3CH4/c6*1-2;;;/h3*1-2H3;2H2,1H3;2*1H2;3*1H4. The first kappa shape index (κ1) is 90.1. The van der Waals surface area contributed by atoms with E-state index in [2.05, 4.69) is 5.73 Å². The molecule has 0 saturated carbocycles. The summed E-state index contributed by atoms with van der Waals surface area (Å²) in [4.78, 5) is 16.0. The van der Waals surface area contributed by atoms with E-state index in [0.29, 0.717) is 0 Å². The van der Waals surface area contributed by atoms with Crippen LogP contribution < -0.4 is 5.73 Å². The van der Waals surface area contributed by atoms with Crippen LogP contribution in [0.2, 0.25) is 0 Å². The highest BCUT2D eigenvalue weighted by atomic mass is 16.1. The zero-order valence-corrected chi connectivity index (χ0v) is 9.81. The van der Waals surface area contributed by atoms with Crippen molar-refractivity contribution in [1.82, 2.24) is 0 Å². The van der Waals surface area contributed by atoms with Gasteiger partial charge in [0, 0.05) is 0 Å². The normalized spacial score (nSPS) is 2.13. The van der Waals surface area contributed by atoms with E-state index in [1.165, 1.54) is 7.05 Å². The van der Waals surface area contributed by atoms with Gasteiger partial charge in [0.05, 0.1) is 0 Å². The summed E-state index contributed by atoms with van der Waals surface area (Å²) in [5, 5.41) is 0. The molecule has 0 heterocycles. The third-order valence-electron chi connectivity index (χ3n) is 0. The summed E-state index contributed by atoms with van der Waals surface area (Å²) in [6.07, 6.45) is 0. The molecule has 0 aromatic carbocycles. The molecule has 0 amide bonds. The molecule has 0 aliphatic rings. The summed E-state index contributed by atoms with van der Waals surface area (Å²) < 4.78 is 0. The largest absolute Gasteiger partial charge is 0.333 e. The maximum Gasteiger partial charge on any atom is 0.106 e. The lowest BCUT2D eigenvalue weighted by Gasteiger charge is -1.19. The molecule has 0 aromatic heterocycles. The molecule has 0 aromatic rings. The van der Waals surface area contributed by atoms with E-state index in [4.69, 9.17) is 9.59 Å². The Morgan fingerprint density at radius 2 is 0.533 bits per heavy atom. The second-order valence-electron chi connectivity index (χ2n) is 0. The van der Waals surface area contributed by atoms with E-state index in [0.717, 1.165) is 0 Å². The highest BCUT2D eigenvalue weighted by Gasteiger charge is 0.936. The van der Waals surface area contributed by atoms with Gasteiger partial charge in [0.2, 0.25) is 0 Å². The summed E-state index contributed by atoms with van der Waals surface area (Å²) in [7, 11) is 1.50. The molecule has 0 radical (unpaired) electrons. The van der Waals surface area contributed by atoms with Crippen molar-refractivity contribution in [1.29, 1.82) is 0 Å². The molecule has 2 N–H and O–H groups in total.